The van der Waals surface area contributed by atoms with Gasteiger partial charge in [0, 0.05) is 22.7 Å². The van der Waals surface area contributed by atoms with Crippen molar-refractivity contribution in [2.45, 2.75) is 63.3 Å². The lowest BCUT2D eigenvalue weighted by molar-refractivity contribution is 0.0686. The number of nitrogens with zero attached hydrogens (tertiary/aromatic N) is 2. The van der Waals surface area contributed by atoms with Gasteiger partial charge in [-0.05, 0) is 63.8 Å². The molecule has 0 aliphatic carbocycles. The molecule has 3 nitrogen and oxygen atoms in total. The Balaban J connectivity index is 1.74. The van der Waals surface area contributed by atoms with Crippen molar-refractivity contribution in [3.05, 3.63) is 58.9 Å². The first-order valence-electron chi connectivity index (χ1n) is 8.95. The van der Waals surface area contributed by atoms with Gasteiger partial charge in [-0.2, -0.15) is 0 Å². The van der Waals surface area contributed by atoms with Crippen LogP contribution in [0.4, 0.5) is 0 Å². The van der Waals surface area contributed by atoms with E-state index in [0.717, 1.165) is 24.3 Å². The number of benzene rings is 1. The van der Waals surface area contributed by atoms with Crippen LogP contribution in [0.25, 0.3) is 0 Å². The summed E-state index contributed by atoms with van der Waals surface area (Å²) in [7, 11) is 0. The molecule has 0 saturated carbocycles. The highest BCUT2D eigenvalue weighted by atomic mass is 32.2. The molecule has 0 bridgehead atoms. The van der Waals surface area contributed by atoms with Gasteiger partial charge in [-0.3, -0.25) is 4.79 Å². The first-order valence-corrected chi connectivity index (χ1v) is 9.93. The van der Waals surface area contributed by atoms with E-state index in [-0.39, 0.29) is 5.91 Å². The molecule has 1 amide bonds. The molecule has 1 fully saturated rings. The highest BCUT2D eigenvalue weighted by Gasteiger charge is 2.32. The number of amides is 1. The van der Waals surface area contributed by atoms with E-state index in [1.54, 1.807) is 11.8 Å². The van der Waals surface area contributed by atoms with Gasteiger partial charge in [0.15, 0.2) is 0 Å². The third-order valence-corrected chi connectivity index (χ3v) is 6.36. The fourth-order valence-electron chi connectivity index (χ4n) is 3.58. The number of hydrogen-bond donors (Lipinski definition) is 0. The van der Waals surface area contributed by atoms with E-state index in [2.05, 4.69) is 50.9 Å². The Bertz CT molecular complexity index is 744. The highest BCUT2D eigenvalue weighted by Crippen LogP contribution is 2.29. The van der Waals surface area contributed by atoms with Crippen LogP contribution in [0.5, 0.6) is 0 Å². The molecule has 2 heterocycles. The largest absolute Gasteiger partial charge is 0.332 e. The van der Waals surface area contributed by atoms with Crippen molar-refractivity contribution in [1.29, 1.82) is 0 Å². The van der Waals surface area contributed by atoms with Crippen molar-refractivity contribution in [3.8, 4) is 0 Å². The Labute approximate surface area is 154 Å². The lowest BCUT2D eigenvalue weighted by Gasteiger charge is -2.26. The third kappa shape index (κ3) is 3.90. The molecule has 3 rings (SSSR count). The fraction of sp³-hybridized carbons (Fsp3) is 0.429. The summed E-state index contributed by atoms with van der Waals surface area (Å²) in [5, 5.41) is 0. The number of rotatable bonds is 4. The minimum absolute atomic E-state index is 0.0661. The van der Waals surface area contributed by atoms with Crippen LogP contribution < -0.4 is 0 Å². The average molecular weight is 355 g/mol. The Morgan fingerprint density at radius 1 is 1.08 bits per heavy atom. The van der Waals surface area contributed by atoms with E-state index in [1.807, 2.05) is 23.1 Å². The fourth-order valence-corrected chi connectivity index (χ4v) is 4.62. The van der Waals surface area contributed by atoms with Crippen LogP contribution >= 0.6 is 11.8 Å². The van der Waals surface area contributed by atoms with Gasteiger partial charge in [-0.1, -0.05) is 24.3 Å². The van der Waals surface area contributed by atoms with E-state index in [0.29, 0.717) is 17.8 Å². The maximum Gasteiger partial charge on any atom is 0.272 e. The van der Waals surface area contributed by atoms with Gasteiger partial charge in [0.05, 0.1) is 5.69 Å². The van der Waals surface area contributed by atoms with Crippen molar-refractivity contribution in [1.82, 2.24) is 9.88 Å². The molecule has 0 spiro atoms. The van der Waals surface area contributed by atoms with Gasteiger partial charge in [-0.15, -0.1) is 11.8 Å². The lowest BCUT2D eigenvalue weighted by Crippen LogP contribution is -2.39. The second kappa shape index (κ2) is 7.61. The number of hydrogen-bond acceptors (Lipinski definition) is 3. The zero-order valence-corrected chi connectivity index (χ0v) is 16.3. The minimum Gasteiger partial charge on any atom is -0.332 e. The minimum atomic E-state index is 0.0661. The molecule has 1 aliphatic rings. The zero-order chi connectivity index (χ0) is 18.0. The van der Waals surface area contributed by atoms with Crippen LogP contribution in [0.3, 0.4) is 0 Å². The number of carbonyl (C=O) groups is 1. The van der Waals surface area contributed by atoms with Crippen molar-refractivity contribution in [2.75, 3.05) is 0 Å². The number of aromatic nitrogens is 1. The average Bonchev–Trinajstić information content (AvgIpc) is 2.93. The SMILES string of the molecule is Cc1cccc(C)c1SCc1cccc(C(=O)N2C(C)CCC2C)n1. The molecule has 2 unspecified atom stereocenters. The van der Waals surface area contributed by atoms with Crippen molar-refractivity contribution in [2.24, 2.45) is 0 Å². The number of carbonyl (C=O) groups excluding carboxylic acids is 1. The van der Waals surface area contributed by atoms with Crippen LogP contribution in [0, 0.1) is 13.8 Å². The predicted octanol–water partition coefficient (Wildman–Crippen LogP) is 5.00. The number of aryl methyl sites for hydroxylation is 2. The van der Waals surface area contributed by atoms with Gasteiger partial charge in [-0.25, -0.2) is 4.98 Å². The maximum atomic E-state index is 12.9. The zero-order valence-electron chi connectivity index (χ0n) is 15.5. The van der Waals surface area contributed by atoms with Crippen LogP contribution in [-0.4, -0.2) is 27.9 Å². The topological polar surface area (TPSA) is 33.2 Å². The van der Waals surface area contributed by atoms with E-state index in [4.69, 9.17) is 0 Å². The summed E-state index contributed by atoms with van der Waals surface area (Å²) in [6, 6.07) is 12.8. The van der Waals surface area contributed by atoms with Crippen LogP contribution in [0.15, 0.2) is 41.3 Å². The molecule has 2 aromatic rings. The van der Waals surface area contributed by atoms with E-state index in [1.165, 1.54) is 16.0 Å². The summed E-state index contributed by atoms with van der Waals surface area (Å²) in [5.41, 5.74) is 4.10. The molecule has 1 aliphatic heterocycles. The van der Waals surface area contributed by atoms with Crippen molar-refractivity contribution >= 4 is 17.7 Å². The standard InChI is InChI=1S/C21H26N2OS/c1-14-7-5-8-15(2)20(14)25-13-18-9-6-10-19(22-18)21(24)23-16(3)11-12-17(23)4/h5-10,16-17H,11-13H2,1-4H3. The highest BCUT2D eigenvalue weighted by molar-refractivity contribution is 7.98. The molecule has 25 heavy (non-hydrogen) atoms. The third-order valence-electron chi connectivity index (χ3n) is 4.99. The first kappa shape index (κ1) is 18.0. The molecule has 1 aromatic heterocycles. The summed E-state index contributed by atoms with van der Waals surface area (Å²) in [6.07, 6.45) is 2.16. The number of thioether (sulfide) groups is 1. The smallest absolute Gasteiger partial charge is 0.272 e. The monoisotopic (exact) mass is 354 g/mol. The Morgan fingerprint density at radius 2 is 1.68 bits per heavy atom. The number of likely N-dealkylation sites (tertiary alicyclic amines) is 1. The first-order chi connectivity index (χ1) is 12.0. The second-order valence-electron chi connectivity index (χ2n) is 7.01. The summed E-state index contributed by atoms with van der Waals surface area (Å²) < 4.78 is 0. The molecule has 132 valence electrons. The molecule has 1 aromatic carbocycles. The quantitative estimate of drug-likeness (QED) is 0.724. The van der Waals surface area contributed by atoms with Crippen LogP contribution in [0.2, 0.25) is 0 Å². The molecule has 0 N–H and O–H groups in total. The Morgan fingerprint density at radius 3 is 2.32 bits per heavy atom. The van der Waals surface area contributed by atoms with Crippen LogP contribution in [0.1, 0.15) is 54.0 Å². The predicted molar refractivity (Wildman–Crippen MR) is 104 cm³/mol. The summed E-state index contributed by atoms with van der Waals surface area (Å²) in [5.74, 6) is 0.842. The van der Waals surface area contributed by atoms with E-state index < -0.39 is 0 Å². The van der Waals surface area contributed by atoms with Crippen molar-refractivity contribution in [3.63, 3.8) is 0 Å². The normalized spacial score (nSPS) is 20.1. The lowest BCUT2D eigenvalue weighted by atomic mass is 10.2. The Kier molecular flexibility index (Phi) is 5.48. The van der Waals surface area contributed by atoms with E-state index in [9.17, 15) is 4.79 Å². The second-order valence-corrected chi connectivity index (χ2v) is 8.00. The summed E-state index contributed by atoms with van der Waals surface area (Å²) in [6.45, 7) is 8.53. The van der Waals surface area contributed by atoms with Gasteiger partial charge < -0.3 is 4.90 Å². The van der Waals surface area contributed by atoms with Crippen LogP contribution in [-0.2, 0) is 5.75 Å². The number of pyridine rings is 1. The molecule has 1 saturated heterocycles. The molecule has 4 heteroatoms. The van der Waals surface area contributed by atoms with E-state index >= 15 is 0 Å². The molecule has 2 atom stereocenters. The summed E-state index contributed by atoms with van der Waals surface area (Å²) in [4.78, 5) is 20.8. The van der Waals surface area contributed by atoms with Gasteiger partial charge >= 0.3 is 0 Å². The molecular weight excluding hydrogens is 328 g/mol. The Hall–Kier alpha value is -1.81. The van der Waals surface area contributed by atoms with Crippen molar-refractivity contribution < 1.29 is 4.79 Å². The molecular formula is C21H26N2OS. The molecule has 0 radical (unpaired) electrons. The van der Waals surface area contributed by atoms with Gasteiger partial charge in [0.2, 0.25) is 0 Å². The van der Waals surface area contributed by atoms with Gasteiger partial charge in [0.1, 0.15) is 5.69 Å². The maximum absolute atomic E-state index is 12.9. The summed E-state index contributed by atoms with van der Waals surface area (Å²) >= 11 is 1.79. The van der Waals surface area contributed by atoms with Gasteiger partial charge in [0.25, 0.3) is 5.91 Å².